The molecule has 2 unspecified atom stereocenters. The zero-order valence-electron chi connectivity index (χ0n) is 10.9. The van der Waals surface area contributed by atoms with E-state index in [1.165, 1.54) is 5.75 Å². The molecule has 1 N–H and O–H groups in total. The number of nitrogens with zero attached hydrogens (tertiary/aromatic N) is 1. The number of hydrogen-bond donors (Lipinski definition) is 1. The van der Waals surface area contributed by atoms with Crippen molar-refractivity contribution in [1.82, 2.24) is 10.2 Å². The van der Waals surface area contributed by atoms with Gasteiger partial charge in [0.15, 0.2) is 0 Å². The fraction of sp³-hybridized carbons (Fsp3) is 0.917. The van der Waals surface area contributed by atoms with Gasteiger partial charge in [0.05, 0.1) is 12.7 Å². The Morgan fingerprint density at radius 2 is 2.39 bits per heavy atom. The molecule has 0 aromatic rings. The van der Waals surface area contributed by atoms with Crippen molar-refractivity contribution in [3.05, 3.63) is 0 Å². The number of thioether (sulfide) groups is 1. The van der Waals surface area contributed by atoms with Crippen LogP contribution in [-0.2, 0) is 9.53 Å². The van der Waals surface area contributed by atoms with Crippen LogP contribution in [0.15, 0.2) is 0 Å². The van der Waals surface area contributed by atoms with Crippen molar-refractivity contribution < 1.29 is 9.53 Å². The van der Waals surface area contributed by atoms with E-state index in [0.717, 1.165) is 31.8 Å². The highest BCUT2D eigenvalue weighted by Crippen LogP contribution is 2.14. The topological polar surface area (TPSA) is 41.6 Å². The Balaban J connectivity index is 0.00000162. The van der Waals surface area contributed by atoms with Crippen molar-refractivity contribution in [3.8, 4) is 0 Å². The number of halogens is 1. The van der Waals surface area contributed by atoms with Crippen molar-refractivity contribution in [3.63, 3.8) is 0 Å². The smallest absolute Gasteiger partial charge is 0.224 e. The molecule has 18 heavy (non-hydrogen) atoms. The van der Waals surface area contributed by atoms with Gasteiger partial charge in [0, 0.05) is 43.6 Å². The summed E-state index contributed by atoms with van der Waals surface area (Å²) in [7, 11) is 0. The number of rotatable bonds is 3. The summed E-state index contributed by atoms with van der Waals surface area (Å²) in [5, 5.41) is 3.41. The first kappa shape index (κ1) is 16.1. The van der Waals surface area contributed by atoms with Crippen LogP contribution in [0.4, 0.5) is 0 Å². The highest BCUT2D eigenvalue weighted by Gasteiger charge is 2.25. The van der Waals surface area contributed by atoms with E-state index >= 15 is 0 Å². The lowest BCUT2D eigenvalue weighted by Gasteiger charge is -2.34. The Morgan fingerprint density at radius 1 is 1.56 bits per heavy atom. The second kappa shape index (κ2) is 8.25. The van der Waals surface area contributed by atoms with Crippen LogP contribution in [0.1, 0.15) is 19.8 Å². The molecule has 0 radical (unpaired) electrons. The molecular formula is C12H23ClN2O2S. The first-order valence-electron chi connectivity index (χ1n) is 6.50. The van der Waals surface area contributed by atoms with Crippen LogP contribution in [0, 0.1) is 0 Å². The molecule has 2 saturated heterocycles. The lowest BCUT2D eigenvalue weighted by Crippen LogP contribution is -2.48. The van der Waals surface area contributed by atoms with Gasteiger partial charge in [-0.2, -0.15) is 11.8 Å². The normalized spacial score (nSPS) is 28.6. The van der Waals surface area contributed by atoms with Crippen LogP contribution >= 0.6 is 24.2 Å². The Bertz CT molecular complexity index is 262. The fourth-order valence-corrected chi connectivity index (χ4v) is 3.23. The van der Waals surface area contributed by atoms with E-state index in [-0.39, 0.29) is 24.4 Å². The molecule has 106 valence electrons. The molecule has 0 aliphatic carbocycles. The fourth-order valence-electron chi connectivity index (χ4n) is 2.28. The highest BCUT2D eigenvalue weighted by molar-refractivity contribution is 7.99. The van der Waals surface area contributed by atoms with Crippen LogP contribution in [-0.4, -0.2) is 60.7 Å². The summed E-state index contributed by atoms with van der Waals surface area (Å²) in [6.07, 6.45) is 1.87. The summed E-state index contributed by atoms with van der Waals surface area (Å²) in [5.74, 6) is 2.51. The van der Waals surface area contributed by atoms with Gasteiger partial charge in [-0.15, -0.1) is 12.4 Å². The second-order valence-electron chi connectivity index (χ2n) is 4.67. The van der Waals surface area contributed by atoms with Gasteiger partial charge < -0.3 is 15.0 Å². The molecular weight excluding hydrogens is 272 g/mol. The van der Waals surface area contributed by atoms with Crippen molar-refractivity contribution in [2.75, 3.05) is 37.7 Å². The monoisotopic (exact) mass is 294 g/mol. The maximum atomic E-state index is 12.1. The molecule has 0 aromatic carbocycles. The molecule has 2 rings (SSSR count). The molecule has 1 amide bonds. The van der Waals surface area contributed by atoms with E-state index in [9.17, 15) is 4.79 Å². The number of amides is 1. The van der Waals surface area contributed by atoms with Crippen molar-refractivity contribution in [2.24, 2.45) is 0 Å². The average Bonchev–Trinajstić information content (AvgIpc) is 2.40. The van der Waals surface area contributed by atoms with Gasteiger partial charge in [-0.1, -0.05) is 6.92 Å². The largest absolute Gasteiger partial charge is 0.375 e. The van der Waals surface area contributed by atoms with Crippen LogP contribution < -0.4 is 5.32 Å². The van der Waals surface area contributed by atoms with Crippen LogP contribution in [0.2, 0.25) is 0 Å². The summed E-state index contributed by atoms with van der Waals surface area (Å²) in [6, 6.07) is 0.365. The number of nitrogens with one attached hydrogen (secondary N) is 1. The third-order valence-corrected chi connectivity index (χ3v) is 4.50. The van der Waals surface area contributed by atoms with Gasteiger partial charge in [0.25, 0.3) is 0 Å². The summed E-state index contributed by atoms with van der Waals surface area (Å²) in [6.45, 7) is 5.36. The summed E-state index contributed by atoms with van der Waals surface area (Å²) < 4.78 is 5.58. The SMILES string of the molecule is CCC1CN(C(=O)CC2CSCCN2)CCO1.Cl. The van der Waals surface area contributed by atoms with Crippen molar-refractivity contribution in [1.29, 1.82) is 0 Å². The molecule has 0 saturated carbocycles. The Morgan fingerprint density at radius 3 is 3.06 bits per heavy atom. The second-order valence-corrected chi connectivity index (χ2v) is 5.82. The zero-order valence-corrected chi connectivity index (χ0v) is 12.5. The average molecular weight is 295 g/mol. The third-order valence-electron chi connectivity index (χ3n) is 3.37. The number of ether oxygens (including phenoxy) is 1. The van der Waals surface area contributed by atoms with Crippen LogP contribution in [0.5, 0.6) is 0 Å². The molecule has 0 spiro atoms. The Kier molecular flexibility index (Phi) is 7.37. The Labute approximate surface area is 120 Å². The van der Waals surface area contributed by atoms with Gasteiger partial charge in [-0.3, -0.25) is 4.79 Å². The summed E-state index contributed by atoms with van der Waals surface area (Å²) in [5.41, 5.74) is 0. The number of morpholine rings is 1. The molecule has 6 heteroatoms. The van der Waals surface area contributed by atoms with Gasteiger partial charge in [0.2, 0.25) is 5.91 Å². The maximum Gasteiger partial charge on any atom is 0.224 e. The van der Waals surface area contributed by atoms with Gasteiger partial charge in [-0.25, -0.2) is 0 Å². The summed E-state index contributed by atoms with van der Waals surface area (Å²) >= 11 is 1.94. The van der Waals surface area contributed by atoms with Crippen molar-refractivity contribution in [2.45, 2.75) is 31.9 Å². The molecule has 2 heterocycles. The first-order valence-corrected chi connectivity index (χ1v) is 7.65. The van der Waals surface area contributed by atoms with Gasteiger partial charge in [-0.05, 0) is 6.42 Å². The van der Waals surface area contributed by atoms with Crippen molar-refractivity contribution >= 4 is 30.1 Å². The van der Waals surface area contributed by atoms with E-state index in [1.54, 1.807) is 0 Å². The molecule has 2 aliphatic heterocycles. The number of hydrogen-bond acceptors (Lipinski definition) is 4. The highest BCUT2D eigenvalue weighted by atomic mass is 35.5. The molecule has 2 aliphatic rings. The van der Waals surface area contributed by atoms with E-state index in [4.69, 9.17) is 4.74 Å². The number of carbonyl (C=O) groups excluding carboxylic acids is 1. The molecule has 2 atom stereocenters. The first-order chi connectivity index (χ1) is 8.29. The minimum Gasteiger partial charge on any atom is -0.375 e. The van der Waals surface area contributed by atoms with E-state index in [0.29, 0.717) is 19.1 Å². The maximum absolute atomic E-state index is 12.1. The quantitative estimate of drug-likeness (QED) is 0.848. The van der Waals surface area contributed by atoms with Gasteiger partial charge in [0.1, 0.15) is 0 Å². The molecule has 0 bridgehead atoms. The van der Waals surface area contributed by atoms with Gasteiger partial charge >= 0.3 is 0 Å². The zero-order chi connectivity index (χ0) is 12.1. The minimum atomic E-state index is 0. The van der Waals surface area contributed by atoms with E-state index < -0.39 is 0 Å². The third kappa shape index (κ3) is 4.61. The minimum absolute atomic E-state index is 0. The Hall–Kier alpha value is 0.0300. The molecule has 0 aromatic heterocycles. The predicted molar refractivity (Wildman–Crippen MR) is 77.6 cm³/mol. The predicted octanol–water partition coefficient (Wildman–Crippen LogP) is 1.14. The lowest BCUT2D eigenvalue weighted by molar-refractivity contribution is -0.139. The van der Waals surface area contributed by atoms with E-state index in [2.05, 4.69) is 12.2 Å². The van der Waals surface area contributed by atoms with Crippen LogP contribution in [0.25, 0.3) is 0 Å². The van der Waals surface area contributed by atoms with E-state index in [1.807, 2.05) is 16.7 Å². The summed E-state index contributed by atoms with van der Waals surface area (Å²) in [4.78, 5) is 14.1. The lowest BCUT2D eigenvalue weighted by atomic mass is 10.1. The van der Waals surface area contributed by atoms with Crippen LogP contribution in [0.3, 0.4) is 0 Å². The standard InChI is InChI=1S/C12H22N2O2S.ClH/c1-2-11-8-14(4-5-16-11)12(15)7-10-9-17-6-3-13-10;/h10-11,13H,2-9H2,1H3;1H. The molecule has 4 nitrogen and oxygen atoms in total. The molecule has 2 fully saturated rings. The number of carbonyl (C=O) groups is 1.